The van der Waals surface area contributed by atoms with Gasteiger partial charge in [0.2, 0.25) is 0 Å². The Morgan fingerprint density at radius 3 is 1.35 bits per heavy atom. The summed E-state index contributed by atoms with van der Waals surface area (Å²) in [6.45, 7) is 20.3. The molecule has 7 aliphatic rings. The van der Waals surface area contributed by atoms with Crippen LogP contribution >= 0.6 is 49.9 Å². The molecule has 584 valence electrons. The number of pyridine rings is 3. The average Bonchev–Trinajstić information content (AvgIpc) is 1.58. The van der Waals surface area contributed by atoms with E-state index in [1.807, 2.05) is 42.8 Å². The summed E-state index contributed by atoms with van der Waals surface area (Å²) in [5, 5.41) is 2.38. The summed E-state index contributed by atoms with van der Waals surface area (Å²) in [6.07, 6.45) is 7.05. The Bertz CT molecular complexity index is 5840. The number of benzene rings is 4. The molecule has 7 aliphatic heterocycles. The Balaban J connectivity index is 0.000000114. The minimum Gasteiger partial charge on any atom is -0.399 e. The smallest absolute Gasteiger partial charge is 0.399 e. The first-order valence-electron chi connectivity index (χ1n) is 37.0. The average molecular weight is 1680 g/mol. The van der Waals surface area contributed by atoms with Gasteiger partial charge in [-0.05, 0) is 242 Å². The number of alkyl halides is 6. The third-order valence-electron chi connectivity index (χ3n) is 21.2. The van der Waals surface area contributed by atoms with Crippen molar-refractivity contribution in [2.45, 2.75) is 128 Å². The minimum atomic E-state index is -4.01. The van der Waals surface area contributed by atoms with Gasteiger partial charge in [-0.25, -0.2) is 27.3 Å². The third kappa shape index (κ3) is 16.2. The molecular formula is C82H75BBrF6N9O10S4. The highest BCUT2D eigenvalue weighted by molar-refractivity contribution is 9.10. The molecule has 4 fully saturated rings. The lowest BCUT2D eigenvalue weighted by Crippen LogP contribution is -2.41. The van der Waals surface area contributed by atoms with Crippen LogP contribution in [0.2, 0.25) is 0 Å². The molecule has 9 aromatic heterocycles. The number of fused-ring (bicyclic) bond motifs is 6. The van der Waals surface area contributed by atoms with Crippen LogP contribution in [0.4, 0.5) is 26.3 Å². The number of hydrogen-bond donors (Lipinski definition) is 2. The van der Waals surface area contributed by atoms with E-state index in [1.165, 1.54) is 126 Å². The molecule has 13 aromatic rings. The maximum Gasteiger partial charge on any atom is 0.586 e. The molecular weight excluding hydrogens is 1600 g/mol. The van der Waals surface area contributed by atoms with Crippen LogP contribution in [0.15, 0.2) is 180 Å². The second-order valence-electron chi connectivity index (χ2n) is 29.7. The molecule has 0 amide bonds. The Kier molecular flexibility index (Phi) is 20.4. The number of aromatic amines is 2. The number of aromatic nitrogens is 6. The second-order valence-corrected chi connectivity index (χ2v) is 36.0. The van der Waals surface area contributed by atoms with E-state index >= 15 is 0 Å². The molecule has 16 heterocycles. The molecule has 0 unspecified atom stereocenters. The van der Waals surface area contributed by atoms with Crippen molar-refractivity contribution in [2.24, 2.45) is 0 Å². The summed E-state index contributed by atoms with van der Waals surface area (Å²) in [5.41, 5.74) is 8.23. The van der Waals surface area contributed by atoms with Crippen LogP contribution in [0.1, 0.15) is 86.4 Å². The summed E-state index contributed by atoms with van der Waals surface area (Å²) < 4.78 is 150. The monoisotopic (exact) mass is 1680 g/mol. The van der Waals surface area contributed by atoms with E-state index in [2.05, 4.69) is 154 Å². The molecule has 0 aliphatic carbocycles. The highest BCUT2D eigenvalue weighted by Gasteiger charge is 2.52. The minimum absolute atomic E-state index is 0.0230. The molecule has 0 bridgehead atoms. The van der Waals surface area contributed by atoms with Crippen LogP contribution < -0.4 is 33.2 Å². The summed E-state index contributed by atoms with van der Waals surface area (Å²) in [5.74, 6) is -0.0820. The predicted octanol–water partition coefficient (Wildman–Crippen LogP) is 19.7. The Labute approximate surface area is 667 Å². The van der Waals surface area contributed by atoms with Crippen molar-refractivity contribution < 1.29 is 72.5 Å². The first kappa shape index (κ1) is 76.4. The molecule has 0 saturated carbocycles. The molecule has 2 N–H and O–H groups in total. The number of H-pyrrole nitrogens is 2. The van der Waals surface area contributed by atoms with Crippen LogP contribution in [0.5, 0.6) is 34.5 Å². The van der Waals surface area contributed by atoms with Crippen LogP contribution in [0.3, 0.4) is 0 Å². The van der Waals surface area contributed by atoms with Crippen LogP contribution in [0, 0.1) is 6.92 Å². The van der Waals surface area contributed by atoms with Gasteiger partial charge in [-0.3, -0.25) is 14.7 Å². The van der Waals surface area contributed by atoms with E-state index < -0.39 is 28.9 Å². The van der Waals surface area contributed by atoms with E-state index in [-0.39, 0.29) is 63.4 Å². The zero-order chi connectivity index (χ0) is 78.3. The lowest BCUT2D eigenvalue weighted by molar-refractivity contribution is -0.287. The van der Waals surface area contributed by atoms with Gasteiger partial charge in [0.1, 0.15) is 11.3 Å². The lowest BCUT2D eigenvalue weighted by Gasteiger charge is -2.32. The molecule has 0 spiro atoms. The van der Waals surface area contributed by atoms with Gasteiger partial charge in [-0.15, -0.1) is 60.4 Å². The number of nitrogens with one attached hydrogen (secondary N) is 2. The number of rotatable bonds is 14. The normalized spacial score (nSPS) is 18.2. The van der Waals surface area contributed by atoms with E-state index in [0.29, 0.717) is 16.5 Å². The quantitative estimate of drug-likeness (QED) is 0.0771. The molecule has 0 radical (unpaired) electrons. The van der Waals surface area contributed by atoms with Crippen LogP contribution in [0.25, 0.3) is 87.4 Å². The summed E-state index contributed by atoms with van der Waals surface area (Å²) in [4.78, 5) is 33.4. The van der Waals surface area contributed by atoms with Gasteiger partial charge in [0.05, 0.1) is 16.1 Å². The van der Waals surface area contributed by atoms with E-state index in [9.17, 15) is 34.8 Å². The van der Waals surface area contributed by atoms with Gasteiger partial charge < -0.3 is 47.7 Å². The Hall–Kier alpha value is -9.28. The van der Waals surface area contributed by atoms with Gasteiger partial charge >= 0.3 is 26.0 Å². The van der Waals surface area contributed by atoms with E-state index in [1.54, 1.807) is 89.8 Å². The van der Waals surface area contributed by atoms with Crippen molar-refractivity contribution in [1.82, 2.24) is 43.6 Å². The Morgan fingerprint density at radius 2 is 0.867 bits per heavy atom. The van der Waals surface area contributed by atoms with Crippen molar-refractivity contribution in [3.8, 4) is 88.8 Å². The van der Waals surface area contributed by atoms with Crippen LogP contribution in [-0.2, 0) is 39.0 Å². The number of hydrogen-bond acceptors (Lipinski definition) is 19. The summed E-state index contributed by atoms with van der Waals surface area (Å²) in [6, 6.07) is 39.4. The van der Waals surface area contributed by atoms with Crippen molar-refractivity contribution in [1.29, 1.82) is 0 Å². The topological polar surface area (TPSA) is 193 Å². The van der Waals surface area contributed by atoms with Crippen molar-refractivity contribution in [3.63, 3.8) is 0 Å². The summed E-state index contributed by atoms with van der Waals surface area (Å²) in [7, 11) is -4.22. The van der Waals surface area contributed by atoms with Crippen LogP contribution in [-0.4, -0.2) is 128 Å². The van der Waals surface area contributed by atoms with Crippen molar-refractivity contribution in [3.05, 3.63) is 195 Å². The fraction of sp³-hybridized carbons (Fsp3) is 0.305. The van der Waals surface area contributed by atoms with Gasteiger partial charge in [-0.1, -0.05) is 42.0 Å². The largest absolute Gasteiger partial charge is 0.586 e. The zero-order valence-electron chi connectivity index (χ0n) is 61.8. The maximum atomic E-state index is 13.8. The fourth-order valence-electron chi connectivity index (χ4n) is 14.7. The zero-order valence-corrected chi connectivity index (χ0v) is 66.7. The first-order chi connectivity index (χ1) is 54.1. The number of likely N-dealkylation sites (tertiary alicyclic amines) is 3. The van der Waals surface area contributed by atoms with E-state index in [4.69, 9.17) is 9.31 Å². The highest BCUT2D eigenvalue weighted by atomic mass is 79.9. The molecule has 113 heavy (non-hydrogen) atoms. The predicted molar refractivity (Wildman–Crippen MR) is 428 cm³/mol. The number of nitrogens with zero attached hydrogens (tertiary/aromatic N) is 7. The molecule has 4 aromatic carbocycles. The molecule has 4 saturated heterocycles. The molecule has 31 heteroatoms. The fourth-order valence-corrected chi connectivity index (χ4v) is 19.4. The summed E-state index contributed by atoms with van der Waals surface area (Å²) >= 11 is 8.67. The van der Waals surface area contributed by atoms with Crippen molar-refractivity contribution >= 4 is 105 Å². The number of ether oxygens (including phenoxy) is 6. The molecule has 20 rings (SSSR count). The SMILES string of the molecule is CC1(C)OB(c2ccc(CN3CCCC3)s2)OC1(C)C.Cc1ccc(S(=O)(=O)n2cc(-c3ccc4c(c3)OC(F)(F)O4)c3cc(-c4ccc(CN5CCCC5)s4)cnc32)cc1.FC1(F)Oc2ccc(-c3c[nH]c4ncc(-c5ccc(CN6CCCC6)s5)cc34)cc2O1.FC1(F)Oc2ccc(-c3c[nH]c4ncc(Br)cc34)cc2O1. The lowest BCUT2D eigenvalue weighted by atomic mass is 9.88. The third-order valence-corrected chi connectivity index (χ3v) is 26.6. The standard InChI is InChI=1S/C30H25F2N3O4S2.C23H19F2N3O2S.C15H24BNO2S.C14H7BrF2N2O2/c1-19-4-8-23(9-5-19)41(36,37)35-18-25(20-6-10-26-27(15-20)39-30(31,32)38-26)24-14-21(16-33-29(24)35)28-11-7-22(40-28)17-34-12-2-3-13-34;24-23(25)29-19-5-3-14(10-20(19)30-23)18-12-27-22-17(18)9-15(11-26-22)21-6-4-16(31-21)13-28-7-1-2-8-28;1-14(2)15(3,4)19-16(18-14)13-8-7-12(20-13)11-17-9-5-6-10-17;15-8-4-9-10(6-19-13(9)18-5-8)7-1-2-11-12(3-7)21-14(16,17)20-11/h4-11,14-16,18H,2-3,12-13,17H2,1H3;3-6,9-12H,1-2,7-8,13H2,(H,26,27);7-8H,5-6,9-11H2,1-4H3;1-6H,(H,18,19). The van der Waals surface area contributed by atoms with Crippen molar-refractivity contribution in [2.75, 3.05) is 39.3 Å². The number of aryl methyl sites for hydroxylation is 1. The van der Waals surface area contributed by atoms with Gasteiger partial charge in [0.15, 0.2) is 40.1 Å². The second kappa shape index (κ2) is 30.2. The number of halogens is 7. The van der Waals surface area contributed by atoms with Gasteiger partial charge in [-0.2, -0.15) is 0 Å². The maximum absolute atomic E-state index is 13.8. The molecule has 0 atom stereocenters. The first-order valence-corrected chi connectivity index (χ1v) is 41.7. The Morgan fingerprint density at radius 1 is 0.460 bits per heavy atom. The van der Waals surface area contributed by atoms with Gasteiger partial charge in [0.25, 0.3) is 10.0 Å². The molecule has 19 nitrogen and oxygen atoms in total. The highest BCUT2D eigenvalue weighted by Crippen LogP contribution is 2.49. The van der Waals surface area contributed by atoms with E-state index in [0.717, 1.165) is 107 Å². The van der Waals surface area contributed by atoms with Gasteiger partial charge in [0, 0.05) is 134 Å². The number of thiophene rings is 3.